The first-order valence-corrected chi connectivity index (χ1v) is 7.83. The fraction of sp³-hybridized carbons (Fsp3) is 0.150. The predicted molar refractivity (Wildman–Crippen MR) is 97.6 cm³/mol. The largest absolute Gasteiger partial charge is 0.497 e. The highest BCUT2D eigenvalue weighted by molar-refractivity contribution is 5.93. The summed E-state index contributed by atoms with van der Waals surface area (Å²) in [4.78, 5) is 12.1. The van der Waals surface area contributed by atoms with E-state index in [2.05, 4.69) is 5.32 Å². The molecular formula is C20H19NO4. The maximum absolute atomic E-state index is 12.1. The molecule has 0 aliphatic rings. The Balaban J connectivity index is 1.66. The zero-order chi connectivity index (χ0) is 17.6. The van der Waals surface area contributed by atoms with Crippen molar-refractivity contribution < 1.29 is 19.0 Å². The van der Waals surface area contributed by atoms with E-state index in [1.54, 1.807) is 26.4 Å². The van der Waals surface area contributed by atoms with Gasteiger partial charge in [-0.2, -0.15) is 0 Å². The van der Waals surface area contributed by atoms with Crippen molar-refractivity contribution in [1.29, 1.82) is 0 Å². The third-order valence-corrected chi connectivity index (χ3v) is 3.77. The Kier molecular flexibility index (Phi) is 5.04. The first-order chi connectivity index (χ1) is 12.2. The SMILES string of the molecule is COc1ccc2ccc(OCC(=O)Nc3ccccc3OC)cc2c1. The van der Waals surface area contributed by atoms with Gasteiger partial charge >= 0.3 is 0 Å². The Bertz CT molecular complexity index is 892. The number of rotatable bonds is 6. The van der Waals surface area contributed by atoms with Crippen LogP contribution < -0.4 is 19.5 Å². The van der Waals surface area contributed by atoms with Gasteiger partial charge in [-0.1, -0.05) is 24.3 Å². The second-order valence-electron chi connectivity index (χ2n) is 5.41. The molecule has 0 bridgehead atoms. The van der Waals surface area contributed by atoms with E-state index >= 15 is 0 Å². The monoisotopic (exact) mass is 337 g/mol. The zero-order valence-electron chi connectivity index (χ0n) is 14.1. The molecule has 128 valence electrons. The van der Waals surface area contributed by atoms with Crippen molar-refractivity contribution in [2.75, 3.05) is 26.1 Å². The van der Waals surface area contributed by atoms with Gasteiger partial charge in [0.05, 0.1) is 19.9 Å². The van der Waals surface area contributed by atoms with Crippen molar-refractivity contribution in [3.8, 4) is 17.2 Å². The summed E-state index contributed by atoms with van der Waals surface area (Å²) < 4.78 is 16.0. The molecule has 5 heteroatoms. The highest BCUT2D eigenvalue weighted by Crippen LogP contribution is 2.25. The van der Waals surface area contributed by atoms with E-state index in [-0.39, 0.29) is 12.5 Å². The predicted octanol–water partition coefficient (Wildman–Crippen LogP) is 3.87. The van der Waals surface area contributed by atoms with E-state index in [1.165, 1.54) is 0 Å². The minimum Gasteiger partial charge on any atom is -0.497 e. The highest BCUT2D eigenvalue weighted by atomic mass is 16.5. The molecule has 0 atom stereocenters. The average Bonchev–Trinajstić information content (AvgIpc) is 2.66. The summed E-state index contributed by atoms with van der Waals surface area (Å²) in [5, 5.41) is 4.84. The first kappa shape index (κ1) is 16.6. The lowest BCUT2D eigenvalue weighted by Crippen LogP contribution is -2.20. The number of methoxy groups -OCH3 is 2. The summed E-state index contributed by atoms with van der Waals surface area (Å²) in [5.74, 6) is 1.75. The van der Waals surface area contributed by atoms with E-state index in [0.29, 0.717) is 17.2 Å². The van der Waals surface area contributed by atoms with Crippen LogP contribution in [0.3, 0.4) is 0 Å². The average molecular weight is 337 g/mol. The lowest BCUT2D eigenvalue weighted by atomic mass is 10.1. The number of carbonyl (C=O) groups excluding carboxylic acids is 1. The second kappa shape index (κ2) is 7.57. The van der Waals surface area contributed by atoms with Gasteiger partial charge in [-0.3, -0.25) is 4.79 Å². The maximum Gasteiger partial charge on any atom is 0.262 e. The van der Waals surface area contributed by atoms with Gasteiger partial charge in [-0.05, 0) is 47.2 Å². The van der Waals surface area contributed by atoms with Crippen LogP contribution in [0.15, 0.2) is 60.7 Å². The molecule has 0 radical (unpaired) electrons. The van der Waals surface area contributed by atoms with Crippen LogP contribution in [-0.2, 0) is 4.79 Å². The van der Waals surface area contributed by atoms with E-state index in [0.717, 1.165) is 16.5 Å². The molecule has 5 nitrogen and oxygen atoms in total. The molecule has 0 spiro atoms. The number of para-hydroxylation sites is 2. The van der Waals surface area contributed by atoms with Crippen molar-refractivity contribution in [3.63, 3.8) is 0 Å². The molecule has 0 aromatic heterocycles. The molecule has 0 aliphatic carbocycles. The number of hydrogen-bond donors (Lipinski definition) is 1. The molecule has 3 aromatic rings. The van der Waals surface area contributed by atoms with Crippen LogP contribution in [0.1, 0.15) is 0 Å². The Hall–Kier alpha value is -3.21. The molecule has 1 amide bonds. The van der Waals surface area contributed by atoms with Gasteiger partial charge in [-0.25, -0.2) is 0 Å². The van der Waals surface area contributed by atoms with Gasteiger partial charge in [-0.15, -0.1) is 0 Å². The van der Waals surface area contributed by atoms with Crippen LogP contribution in [0.4, 0.5) is 5.69 Å². The van der Waals surface area contributed by atoms with Crippen molar-refractivity contribution in [1.82, 2.24) is 0 Å². The Morgan fingerprint density at radius 1 is 0.880 bits per heavy atom. The normalized spacial score (nSPS) is 10.3. The number of anilines is 1. The molecule has 0 fully saturated rings. The van der Waals surface area contributed by atoms with Crippen LogP contribution in [0.5, 0.6) is 17.2 Å². The second-order valence-corrected chi connectivity index (χ2v) is 5.41. The topological polar surface area (TPSA) is 56.8 Å². The van der Waals surface area contributed by atoms with Gasteiger partial charge in [0.15, 0.2) is 6.61 Å². The third kappa shape index (κ3) is 4.01. The highest BCUT2D eigenvalue weighted by Gasteiger charge is 2.08. The maximum atomic E-state index is 12.1. The number of carbonyl (C=O) groups is 1. The molecule has 0 saturated heterocycles. The summed E-state index contributed by atoms with van der Waals surface area (Å²) in [5.41, 5.74) is 0.613. The van der Waals surface area contributed by atoms with Crippen molar-refractivity contribution in [2.24, 2.45) is 0 Å². The number of nitrogens with one attached hydrogen (secondary N) is 1. The van der Waals surface area contributed by atoms with E-state index < -0.39 is 0 Å². The van der Waals surface area contributed by atoms with E-state index in [4.69, 9.17) is 14.2 Å². The molecule has 3 aromatic carbocycles. The molecular weight excluding hydrogens is 318 g/mol. The molecule has 0 unspecified atom stereocenters. The van der Waals surface area contributed by atoms with Gasteiger partial charge in [0.1, 0.15) is 17.2 Å². The van der Waals surface area contributed by atoms with Crippen LogP contribution in [0.25, 0.3) is 10.8 Å². The summed E-state index contributed by atoms with van der Waals surface area (Å²) in [6, 6.07) is 18.7. The summed E-state index contributed by atoms with van der Waals surface area (Å²) in [6.07, 6.45) is 0. The Labute approximate surface area is 146 Å². The zero-order valence-corrected chi connectivity index (χ0v) is 14.1. The van der Waals surface area contributed by atoms with E-state index in [9.17, 15) is 4.79 Å². The Morgan fingerprint density at radius 3 is 2.36 bits per heavy atom. The lowest BCUT2D eigenvalue weighted by Gasteiger charge is -2.11. The number of benzene rings is 3. The summed E-state index contributed by atoms with van der Waals surface area (Å²) >= 11 is 0. The van der Waals surface area contributed by atoms with Crippen molar-refractivity contribution in [2.45, 2.75) is 0 Å². The third-order valence-electron chi connectivity index (χ3n) is 3.77. The molecule has 0 heterocycles. The molecule has 3 rings (SSSR count). The number of ether oxygens (including phenoxy) is 3. The smallest absolute Gasteiger partial charge is 0.262 e. The van der Waals surface area contributed by atoms with Gasteiger partial charge < -0.3 is 19.5 Å². The minimum atomic E-state index is -0.254. The molecule has 0 saturated carbocycles. The fourth-order valence-corrected chi connectivity index (χ4v) is 2.50. The van der Waals surface area contributed by atoms with Gasteiger partial charge in [0.25, 0.3) is 5.91 Å². The molecule has 25 heavy (non-hydrogen) atoms. The number of hydrogen-bond acceptors (Lipinski definition) is 4. The fourth-order valence-electron chi connectivity index (χ4n) is 2.50. The van der Waals surface area contributed by atoms with Crippen molar-refractivity contribution in [3.05, 3.63) is 60.7 Å². The number of amides is 1. The van der Waals surface area contributed by atoms with Gasteiger partial charge in [0.2, 0.25) is 0 Å². The summed E-state index contributed by atoms with van der Waals surface area (Å²) in [6.45, 7) is -0.0898. The lowest BCUT2D eigenvalue weighted by molar-refractivity contribution is -0.118. The minimum absolute atomic E-state index is 0.0898. The molecule has 1 N–H and O–H groups in total. The quantitative estimate of drug-likeness (QED) is 0.742. The van der Waals surface area contributed by atoms with E-state index in [1.807, 2.05) is 48.5 Å². The Morgan fingerprint density at radius 2 is 1.60 bits per heavy atom. The van der Waals surface area contributed by atoms with Gasteiger partial charge in [0, 0.05) is 0 Å². The summed E-state index contributed by atoms with van der Waals surface area (Å²) in [7, 11) is 3.19. The number of fused-ring (bicyclic) bond motifs is 1. The molecule has 0 aliphatic heterocycles. The van der Waals surface area contributed by atoms with Crippen LogP contribution in [-0.4, -0.2) is 26.7 Å². The van der Waals surface area contributed by atoms with Crippen LogP contribution in [0, 0.1) is 0 Å². The standard InChI is InChI=1S/C20H19NO4/c1-23-16-9-7-14-8-10-17(12-15(14)11-16)25-13-20(22)21-18-5-3-4-6-19(18)24-2/h3-12H,13H2,1-2H3,(H,21,22). The van der Waals surface area contributed by atoms with Crippen LogP contribution in [0.2, 0.25) is 0 Å². The van der Waals surface area contributed by atoms with Crippen LogP contribution >= 0.6 is 0 Å². The first-order valence-electron chi connectivity index (χ1n) is 7.83. The van der Waals surface area contributed by atoms with Crippen molar-refractivity contribution >= 4 is 22.4 Å².